The number of phosphoric ester groups is 1. The molecule has 0 bridgehead atoms. The van der Waals surface area contributed by atoms with Crippen molar-refractivity contribution < 1.29 is 32.9 Å². The Balaban J connectivity index is 4.10. The molecule has 1 amide bonds. The fourth-order valence-corrected chi connectivity index (χ4v) is 9.70. The summed E-state index contributed by atoms with van der Waals surface area (Å²) < 4.78 is 23.4. The van der Waals surface area contributed by atoms with E-state index in [0.717, 1.165) is 38.5 Å². The van der Waals surface area contributed by atoms with Gasteiger partial charge in [-0.1, -0.05) is 269 Å². The van der Waals surface area contributed by atoms with Crippen LogP contribution in [0.2, 0.25) is 0 Å². The van der Waals surface area contributed by atoms with E-state index in [1.165, 1.54) is 238 Å². The zero-order valence-electron chi connectivity index (χ0n) is 46.1. The van der Waals surface area contributed by atoms with E-state index < -0.39 is 20.0 Å². The van der Waals surface area contributed by atoms with Crippen LogP contribution in [-0.4, -0.2) is 68.5 Å². The molecule has 0 spiro atoms. The summed E-state index contributed by atoms with van der Waals surface area (Å²) in [7, 11) is 1.27. The Hall–Kier alpha value is -1.02. The van der Waals surface area contributed by atoms with Crippen molar-refractivity contribution in [2.24, 2.45) is 0 Å². The molecule has 8 nitrogen and oxygen atoms in total. The number of carbonyl (C=O) groups is 1. The molecular weight excluding hydrogens is 864 g/mol. The number of aliphatic hydroxyl groups excluding tert-OH is 1. The van der Waals surface area contributed by atoms with Gasteiger partial charge >= 0.3 is 0 Å². The fraction of sp³-hybridized carbons (Fsp3) is 0.915. The van der Waals surface area contributed by atoms with Gasteiger partial charge in [0.05, 0.1) is 39.9 Å². The Morgan fingerprint density at radius 1 is 0.500 bits per heavy atom. The van der Waals surface area contributed by atoms with Crippen molar-refractivity contribution >= 4 is 13.7 Å². The minimum atomic E-state index is -4.59. The molecular formula is C59H117N2O6P. The highest BCUT2D eigenvalue weighted by Gasteiger charge is 2.23. The monoisotopic (exact) mass is 981 g/mol. The van der Waals surface area contributed by atoms with Gasteiger partial charge in [0.15, 0.2) is 0 Å². The molecule has 0 rings (SSSR count). The van der Waals surface area contributed by atoms with Crippen LogP contribution < -0.4 is 10.2 Å². The zero-order valence-corrected chi connectivity index (χ0v) is 47.0. The lowest BCUT2D eigenvalue weighted by Gasteiger charge is -2.29. The van der Waals surface area contributed by atoms with Gasteiger partial charge in [0.1, 0.15) is 13.2 Å². The van der Waals surface area contributed by atoms with Gasteiger partial charge in [-0.15, -0.1) is 0 Å². The van der Waals surface area contributed by atoms with E-state index in [9.17, 15) is 19.4 Å². The number of rotatable bonds is 55. The topological polar surface area (TPSA) is 108 Å². The quantitative estimate of drug-likeness (QED) is 0.0272. The molecule has 0 aromatic rings. The number of amides is 1. The first-order chi connectivity index (χ1) is 33.0. The highest BCUT2D eigenvalue weighted by Crippen LogP contribution is 2.38. The molecule has 404 valence electrons. The van der Waals surface area contributed by atoms with E-state index in [1.54, 1.807) is 6.08 Å². The number of phosphoric acid groups is 1. The van der Waals surface area contributed by atoms with Crippen LogP contribution in [0.15, 0.2) is 24.3 Å². The van der Waals surface area contributed by atoms with E-state index in [-0.39, 0.29) is 19.1 Å². The lowest BCUT2D eigenvalue weighted by atomic mass is 10.0. The minimum Gasteiger partial charge on any atom is -0.756 e. The molecule has 0 heterocycles. The second kappa shape index (κ2) is 50.9. The second-order valence-corrected chi connectivity index (χ2v) is 23.1. The van der Waals surface area contributed by atoms with Crippen LogP contribution in [0.4, 0.5) is 0 Å². The molecule has 0 fully saturated rings. The van der Waals surface area contributed by atoms with Gasteiger partial charge in [0.25, 0.3) is 7.82 Å². The molecule has 0 radical (unpaired) electrons. The maximum Gasteiger partial charge on any atom is 0.268 e. The van der Waals surface area contributed by atoms with Crippen molar-refractivity contribution in [1.29, 1.82) is 0 Å². The molecule has 0 aliphatic rings. The summed E-state index contributed by atoms with van der Waals surface area (Å²) in [5.41, 5.74) is 0. The van der Waals surface area contributed by atoms with Gasteiger partial charge in [-0.25, -0.2) is 0 Å². The van der Waals surface area contributed by atoms with Crippen LogP contribution in [0.3, 0.4) is 0 Å². The number of quaternary nitrogens is 1. The summed E-state index contributed by atoms with van der Waals surface area (Å²) in [5, 5.41) is 13.9. The van der Waals surface area contributed by atoms with Crippen molar-refractivity contribution in [2.45, 2.75) is 309 Å². The summed E-state index contributed by atoms with van der Waals surface area (Å²) >= 11 is 0. The molecule has 0 aliphatic heterocycles. The van der Waals surface area contributed by atoms with E-state index in [2.05, 4.69) is 31.3 Å². The lowest BCUT2D eigenvalue weighted by molar-refractivity contribution is -0.870. The average Bonchev–Trinajstić information content (AvgIpc) is 3.30. The second-order valence-electron chi connectivity index (χ2n) is 21.7. The summed E-state index contributed by atoms with van der Waals surface area (Å²) in [4.78, 5) is 25.5. The van der Waals surface area contributed by atoms with Gasteiger partial charge in [0.2, 0.25) is 5.91 Å². The number of allylic oxidation sites excluding steroid dienone is 3. The van der Waals surface area contributed by atoms with Gasteiger partial charge in [-0.3, -0.25) is 9.36 Å². The molecule has 3 atom stereocenters. The van der Waals surface area contributed by atoms with Gasteiger partial charge in [-0.05, 0) is 44.9 Å². The van der Waals surface area contributed by atoms with Crippen LogP contribution in [-0.2, 0) is 18.4 Å². The van der Waals surface area contributed by atoms with Crippen LogP contribution in [0.25, 0.3) is 0 Å². The first-order valence-electron chi connectivity index (χ1n) is 29.7. The van der Waals surface area contributed by atoms with Gasteiger partial charge in [0, 0.05) is 6.42 Å². The Labute approximate surface area is 424 Å². The number of hydrogen-bond donors (Lipinski definition) is 2. The van der Waals surface area contributed by atoms with Crippen LogP contribution >= 0.6 is 7.82 Å². The van der Waals surface area contributed by atoms with E-state index in [0.29, 0.717) is 17.4 Å². The normalized spacial score (nSPS) is 14.0. The van der Waals surface area contributed by atoms with E-state index >= 15 is 0 Å². The maximum atomic E-state index is 13.0. The number of nitrogens with zero attached hydrogens (tertiary/aromatic N) is 1. The molecule has 0 aromatic heterocycles. The number of nitrogens with one attached hydrogen (secondary N) is 1. The number of likely N-dealkylation sites (N-methyl/N-ethyl adjacent to an activating group) is 1. The van der Waals surface area contributed by atoms with Crippen molar-refractivity contribution in [1.82, 2.24) is 5.32 Å². The van der Waals surface area contributed by atoms with Crippen molar-refractivity contribution in [2.75, 3.05) is 40.9 Å². The summed E-state index contributed by atoms with van der Waals surface area (Å²) in [5.74, 6) is -0.193. The number of hydrogen-bond acceptors (Lipinski definition) is 6. The lowest BCUT2D eigenvalue weighted by Crippen LogP contribution is -2.45. The summed E-state index contributed by atoms with van der Waals surface area (Å²) in [6, 6.07) is -0.884. The van der Waals surface area contributed by atoms with Crippen molar-refractivity contribution in [3.05, 3.63) is 24.3 Å². The summed E-state index contributed by atoms with van der Waals surface area (Å²) in [6.45, 7) is 4.69. The van der Waals surface area contributed by atoms with Crippen molar-refractivity contribution in [3.63, 3.8) is 0 Å². The Bertz CT molecular complexity index is 1160. The SMILES string of the molecule is CCCCCCCCCCCCCC/C=C\CCCCCCCCCCCCCCCC(=O)NC(COP(=O)([O-])OCC[N+](C)(C)C)C(O)/C=C/CCCCCCCCCCCCCCCCC. The van der Waals surface area contributed by atoms with Crippen LogP contribution in [0.1, 0.15) is 296 Å². The van der Waals surface area contributed by atoms with Crippen LogP contribution in [0.5, 0.6) is 0 Å². The first-order valence-corrected chi connectivity index (χ1v) is 31.2. The molecule has 9 heteroatoms. The third-order valence-electron chi connectivity index (χ3n) is 13.7. The Morgan fingerprint density at radius 2 is 0.809 bits per heavy atom. The van der Waals surface area contributed by atoms with E-state index in [1.807, 2.05) is 27.2 Å². The molecule has 0 aromatic carbocycles. The number of aliphatic hydroxyl groups is 1. The highest BCUT2D eigenvalue weighted by atomic mass is 31.2. The molecule has 68 heavy (non-hydrogen) atoms. The molecule has 0 saturated heterocycles. The number of unbranched alkanes of at least 4 members (excludes halogenated alkanes) is 40. The third kappa shape index (κ3) is 52.8. The first kappa shape index (κ1) is 67.0. The molecule has 0 saturated carbocycles. The van der Waals surface area contributed by atoms with E-state index in [4.69, 9.17) is 9.05 Å². The van der Waals surface area contributed by atoms with Crippen LogP contribution in [0, 0.1) is 0 Å². The molecule has 3 unspecified atom stereocenters. The number of carbonyl (C=O) groups excluding carboxylic acids is 1. The largest absolute Gasteiger partial charge is 0.756 e. The standard InChI is InChI=1S/C59H117N2O6P/c1-6-8-10-12-14-16-18-20-22-24-25-26-27-28-29-30-31-32-33-34-35-37-39-41-43-45-47-49-51-53-59(63)60-57(56-67-68(64,65)66-55-54-61(3,4)5)58(62)52-50-48-46-44-42-40-38-36-23-21-19-17-15-13-11-9-7-2/h28-29,50,52,57-58,62H,6-27,30-49,51,53-56H2,1-5H3,(H-,60,63,64,65)/b29-28-,52-50+. The molecule has 2 N–H and O–H groups in total. The highest BCUT2D eigenvalue weighted by molar-refractivity contribution is 7.45. The predicted molar refractivity (Wildman–Crippen MR) is 293 cm³/mol. The third-order valence-corrected chi connectivity index (χ3v) is 14.6. The zero-order chi connectivity index (χ0) is 49.9. The minimum absolute atomic E-state index is 0.000994. The maximum absolute atomic E-state index is 13.0. The predicted octanol–water partition coefficient (Wildman–Crippen LogP) is 17.4. The summed E-state index contributed by atoms with van der Waals surface area (Å²) in [6.07, 6.45) is 64.0. The molecule has 0 aliphatic carbocycles. The fourth-order valence-electron chi connectivity index (χ4n) is 8.97. The van der Waals surface area contributed by atoms with Gasteiger partial charge in [-0.2, -0.15) is 0 Å². The Morgan fingerprint density at radius 3 is 1.15 bits per heavy atom. The smallest absolute Gasteiger partial charge is 0.268 e. The van der Waals surface area contributed by atoms with Gasteiger partial charge < -0.3 is 28.8 Å². The Kier molecular flexibility index (Phi) is 50.1. The van der Waals surface area contributed by atoms with Crippen molar-refractivity contribution in [3.8, 4) is 0 Å². The average molecular weight is 982 g/mol.